The van der Waals surface area contributed by atoms with Crippen LogP contribution in [0.5, 0.6) is 0 Å². The van der Waals surface area contributed by atoms with Crippen LogP contribution in [0.15, 0.2) is 17.5 Å². The van der Waals surface area contributed by atoms with E-state index in [-0.39, 0.29) is 5.60 Å². The fraction of sp³-hybridized carbons (Fsp3) is 0.714. The van der Waals surface area contributed by atoms with E-state index in [1.165, 1.54) is 4.88 Å². The molecule has 0 aromatic carbocycles. The van der Waals surface area contributed by atoms with Gasteiger partial charge >= 0.3 is 0 Å². The summed E-state index contributed by atoms with van der Waals surface area (Å²) >= 11 is 1.68. The van der Waals surface area contributed by atoms with Crippen molar-refractivity contribution in [2.45, 2.75) is 32.2 Å². The van der Waals surface area contributed by atoms with Gasteiger partial charge in [-0.1, -0.05) is 6.07 Å². The van der Waals surface area contributed by atoms with Crippen LogP contribution in [-0.4, -0.2) is 54.6 Å². The van der Waals surface area contributed by atoms with Crippen LogP contribution < -0.4 is 0 Å². The first-order valence-corrected chi connectivity index (χ1v) is 7.58. The number of hydrogen-bond donors (Lipinski definition) is 1. The monoisotopic (exact) mass is 285 g/mol. The summed E-state index contributed by atoms with van der Waals surface area (Å²) in [6.07, 6.45) is -0.436. The van der Waals surface area contributed by atoms with E-state index in [4.69, 9.17) is 9.47 Å². The van der Waals surface area contributed by atoms with E-state index in [1.807, 2.05) is 17.5 Å². The molecule has 1 unspecified atom stereocenters. The molecule has 1 atom stereocenters. The predicted molar refractivity (Wildman–Crippen MR) is 76.5 cm³/mol. The lowest BCUT2D eigenvalue weighted by Crippen LogP contribution is -2.50. The van der Waals surface area contributed by atoms with Crippen LogP contribution in [0.3, 0.4) is 0 Å². The Morgan fingerprint density at radius 2 is 2.42 bits per heavy atom. The van der Waals surface area contributed by atoms with Crippen LogP contribution in [-0.2, 0) is 16.1 Å². The van der Waals surface area contributed by atoms with Gasteiger partial charge in [-0.3, -0.25) is 4.90 Å². The minimum absolute atomic E-state index is 0.115. The summed E-state index contributed by atoms with van der Waals surface area (Å²) in [7, 11) is 0. The third-order valence-corrected chi connectivity index (χ3v) is 3.96. The molecule has 1 aliphatic rings. The van der Waals surface area contributed by atoms with Gasteiger partial charge in [-0.25, -0.2) is 0 Å². The summed E-state index contributed by atoms with van der Waals surface area (Å²) in [5.41, 5.74) is -0.115. The molecule has 0 amide bonds. The van der Waals surface area contributed by atoms with E-state index in [0.717, 1.165) is 19.7 Å². The molecule has 2 rings (SSSR count). The van der Waals surface area contributed by atoms with Crippen molar-refractivity contribution < 1.29 is 14.6 Å². The number of hydrogen-bond acceptors (Lipinski definition) is 5. The van der Waals surface area contributed by atoms with E-state index >= 15 is 0 Å². The third kappa shape index (κ3) is 5.20. The molecule has 0 aliphatic carbocycles. The molecule has 1 aromatic heterocycles. The Morgan fingerprint density at radius 1 is 1.58 bits per heavy atom. The van der Waals surface area contributed by atoms with Crippen molar-refractivity contribution in [2.75, 3.05) is 32.8 Å². The van der Waals surface area contributed by atoms with Gasteiger partial charge in [0.15, 0.2) is 0 Å². The van der Waals surface area contributed by atoms with Crippen LogP contribution in [0.2, 0.25) is 0 Å². The first kappa shape index (κ1) is 14.9. The van der Waals surface area contributed by atoms with Crippen molar-refractivity contribution >= 4 is 11.3 Å². The maximum absolute atomic E-state index is 10.00. The predicted octanol–water partition coefficient (Wildman–Crippen LogP) is 1.74. The van der Waals surface area contributed by atoms with E-state index < -0.39 is 6.10 Å². The molecule has 2 heterocycles. The molecule has 0 spiro atoms. The highest BCUT2D eigenvalue weighted by molar-refractivity contribution is 7.09. The van der Waals surface area contributed by atoms with Crippen LogP contribution in [0.4, 0.5) is 0 Å². The Morgan fingerprint density at radius 3 is 3.11 bits per heavy atom. The fourth-order valence-corrected chi connectivity index (χ4v) is 2.95. The van der Waals surface area contributed by atoms with Crippen LogP contribution >= 0.6 is 11.3 Å². The van der Waals surface area contributed by atoms with Gasteiger partial charge in [0.05, 0.1) is 31.5 Å². The first-order valence-electron chi connectivity index (χ1n) is 6.70. The van der Waals surface area contributed by atoms with Gasteiger partial charge in [0.2, 0.25) is 0 Å². The van der Waals surface area contributed by atoms with Crippen molar-refractivity contribution in [2.24, 2.45) is 0 Å². The summed E-state index contributed by atoms with van der Waals surface area (Å²) in [6, 6.07) is 4.05. The molecule has 1 saturated heterocycles. The Kier molecular flexibility index (Phi) is 5.36. The maximum Gasteiger partial charge on any atom is 0.0900 e. The standard InChI is InChI=1S/C14H23NO3S/c1-14(2)11-15(5-6-18-14)8-12(16)9-17-10-13-4-3-7-19-13/h3-4,7,12,16H,5-6,8-11H2,1-2H3. The highest BCUT2D eigenvalue weighted by atomic mass is 32.1. The Balaban J connectivity index is 1.65. The molecule has 1 N–H and O–H groups in total. The summed E-state index contributed by atoms with van der Waals surface area (Å²) in [4.78, 5) is 3.43. The second-order valence-electron chi connectivity index (χ2n) is 5.59. The quantitative estimate of drug-likeness (QED) is 0.864. The molecule has 0 saturated carbocycles. The number of thiophene rings is 1. The van der Waals surface area contributed by atoms with Crippen molar-refractivity contribution in [3.63, 3.8) is 0 Å². The molecule has 4 nitrogen and oxygen atoms in total. The van der Waals surface area contributed by atoms with E-state index in [0.29, 0.717) is 19.8 Å². The summed E-state index contributed by atoms with van der Waals surface area (Å²) in [5, 5.41) is 12.0. The largest absolute Gasteiger partial charge is 0.389 e. The average Bonchev–Trinajstić information content (AvgIpc) is 2.80. The molecule has 1 aliphatic heterocycles. The fourth-order valence-electron chi connectivity index (χ4n) is 2.31. The number of morpholine rings is 1. The zero-order valence-corrected chi connectivity index (χ0v) is 12.5. The molecule has 0 bridgehead atoms. The third-order valence-electron chi connectivity index (χ3n) is 3.11. The SMILES string of the molecule is CC1(C)CN(CC(O)COCc2cccs2)CCO1. The summed E-state index contributed by atoms with van der Waals surface area (Å²) in [6.45, 7) is 8.25. The van der Waals surface area contributed by atoms with Gasteiger partial charge in [0.1, 0.15) is 0 Å². The number of aliphatic hydroxyl groups is 1. The van der Waals surface area contributed by atoms with Gasteiger partial charge in [0.25, 0.3) is 0 Å². The second kappa shape index (κ2) is 6.81. The smallest absolute Gasteiger partial charge is 0.0900 e. The van der Waals surface area contributed by atoms with Crippen LogP contribution in [0, 0.1) is 0 Å². The molecular weight excluding hydrogens is 262 g/mol. The molecule has 1 aromatic rings. The van der Waals surface area contributed by atoms with Crippen LogP contribution in [0.25, 0.3) is 0 Å². The van der Waals surface area contributed by atoms with E-state index in [1.54, 1.807) is 11.3 Å². The topological polar surface area (TPSA) is 41.9 Å². The number of β-amino-alcohol motifs (C(OH)–C–C–N with tert-alkyl or cyclic N) is 1. The Bertz CT molecular complexity index is 367. The lowest BCUT2D eigenvalue weighted by Gasteiger charge is -2.38. The van der Waals surface area contributed by atoms with Gasteiger partial charge in [-0.05, 0) is 25.3 Å². The normalized spacial score (nSPS) is 21.4. The van der Waals surface area contributed by atoms with Gasteiger partial charge < -0.3 is 14.6 Å². The number of nitrogens with zero attached hydrogens (tertiary/aromatic N) is 1. The summed E-state index contributed by atoms with van der Waals surface area (Å²) in [5.74, 6) is 0. The van der Waals surface area contributed by atoms with Crippen molar-refractivity contribution in [3.05, 3.63) is 22.4 Å². The zero-order chi connectivity index (χ0) is 13.7. The van der Waals surface area contributed by atoms with Crippen molar-refractivity contribution in [1.82, 2.24) is 4.90 Å². The minimum atomic E-state index is -0.436. The van der Waals surface area contributed by atoms with Crippen molar-refractivity contribution in [1.29, 1.82) is 0 Å². The molecule has 5 heteroatoms. The van der Waals surface area contributed by atoms with E-state index in [9.17, 15) is 5.11 Å². The first-order chi connectivity index (χ1) is 9.05. The number of aliphatic hydroxyl groups excluding tert-OH is 1. The molecule has 1 fully saturated rings. The Labute approximate surface area is 118 Å². The highest BCUT2D eigenvalue weighted by Crippen LogP contribution is 2.16. The number of ether oxygens (including phenoxy) is 2. The maximum atomic E-state index is 10.00. The molecular formula is C14H23NO3S. The van der Waals surface area contributed by atoms with Crippen molar-refractivity contribution in [3.8, 4) is 0 Å². The van der Waals surface area contributed by atoms with Crippen LogP contribution in [0.1, 0.15) is 18.7 Å². The van der Waals surface area contributed by atoms with Gasteiger partial charge in [-0.15, -0.1) is 11.3 Å². The lowest BCUT2D eigenvalue weighted by molar-refractivity contribution is -0.0975. The Hall–Kier alpha value is -0.460. The zero-order valence-electron chi connectivity index (χ0n) is 11.7. The van der Waals surface area contributed by atoms with E-state index in [2.05, 4.69) is 18.7 Å². The summed E-state index contributed by atoms with van der Waals surface area (Å²) < 4.78 is 11.2. The number of rotatable bonds is 6. The second-order valence-corrected chi connectivity index (χ2v) is 6.62. The molecule has 0 radical (unpaired) electrons. The highest BCUT2D eigenvalue weighted by Gasteiger charge is 2.28. The van der Waals surface area contributed by atoms with Gasteiger partial charge in [-0.2, -0.15) is 0 Å². The van der Waals surface area contributed by atoms with Gasteiger partial charge in [0, 0.05) is 24.5 Å². The molecule has 19 heavy (non-hydrogen) atoms. The lowest BCUT2D eigenvalue weighted by atomic mass is 10.1. The minimum Gasteiger partial charge on any atom is -0.389 e. The molecule has 108 valence electrons. The average molecular weight is 285 g/mol.